The molecule has 1 N–H and O–H groups in total. The van der Waals surface area contributed by atoms with Gasteiger partial charge in [0.05, 0.1) is 12.2 Å². The molecule has 2 rings (SSSR count). The standard InChI is InChI=1S/C12H18O3/c1-3-15-10(13)11-5-4-6-12(11,14)8-9(2)7-11/h14H,2-8H2,1H3. The molecule has 0 aromatic carbocycles. The quantitative estimate of drug-likeness (QED) is 0.558. The fraction of sp³-hybridized carbons (Fsp3) is 0.750. The lowest BCUT2D eigenvalue weighted by molar-refractivity contribution is -0.167. The lowest BCUT2D eigenvalue weighted by Gasteiger charge is -2.33. The fourth-order valence-corrected chi connectivity index (χ4v) is 3.20. The van der Waals surface area contributed by atoms with E-state index in [0.29, 0.717) is 25.9 Å². The third-order valence-electron chi connectivity index (χ3n) is 3.85. The fourth-order valence-electron chi connectivity index (χ4n) is 3.20. The van der Waals surface area contributed by atoms with E-state index in [1.807, 2.05) is 0 Å². The maximum Gasteiger partial charge on any atom is 0.315 e. The van der Waals surface area contributed by atoms with Crippen LogP contribution in [0.4, 0.5) is 0 Å². The number of hydrogen-bond donors (Lipinski definition) is 1. The molecule has 3 heteroatoms. The van der Waals surface area contributed by atoms with Gasteiger partial charge in [0.2, 0.25) is 0 Å². The summed E-state index contributed by atoms with van der Waals surface area (Å²) in [7, 11) is 0. The highest BCUT2D eigenvalue weighted by Crippen LogP contribution is 2.59. The van der Waals surface area contributed by atoms with Crippen molar-refractivity contribution in [3.8, 4) is 0 Å². The van der Waals surface area contributed by atoms with E-state index in [1.54, 1.807) is 6.92 Å². The van der Waals surface area contributed by atoms with Gasteiger partial charge in [0.1, 0.15) is 5.41 Å². The lowest BCUT2D eigenvalue weighted by atomic mass is 9.77. The predicted octanol–water partition coefficient (Wildman–Crippen LogP) is 1.80. The van der Waals surface area contributed by atoms with E-state index < -0.39 is 11.0 Å². The highest BCUT2D eigenvalue weighted by Gasteiger charge is 2.63. The van der Waals surface area contributed by atoms with Crippen molar-refractivity contribution in [2.45, 2.75) is 44.6 Å². The number of hydrogen-bond acceptors (Lipinski definition) is 3. The van der Waals surface area contributed by atoms with E-state index in [0.717, 1.165) is 18.4 Å². The van der Waals surface area contributed by atoms with E-state index in [1.165, 1.54) is 0 Å². The normalized spacial score (nSPS) is 39.2. The molecule has 2 saturated carbocycles. The zero-order valence-electron chi connectivity index (χ0n) is 9.21. The predicted molar refractivity (Wildman–Crippen MR) is 56.2 cm³/mol. The van der Waals surface area contributed by atoms with Crippen LogP contribution in [-0.4, -0.2) is 23.3 Å². The van der Waals surface area contributed by atoms with Crippen LogP contribution < -0.4 is 0 Å². The Morgan fingerprint density at radius 2 is 2.27 bits per heavy atom. The molecule has 0 amide bonds. The molecule has 0 heterocycles. The van der Waals surface area contributed by atoms with Crippen LogP contribution in [0.15, 0.2) is 12.2 Å². The number of fused-ring (bicyclic) bond motifs is 1. The Kier molecular flexibility index (Phi) is 2.38. The molecule has 0 radical (unpaired) electrons. The second-order valence-electron chi connectivity index (χ2n) is 4.79. The van der Waals surface area contributed by atoms with Crippen LogP contribution in [0.1, 0.15) is 39.0 Å². The number of aliphatic hydroxyl groups is 1. The van der Waals surface area contributed by atoms with Crippen LogP contribution >= 0.6 is 0 Å². The van der Waals surface area contributed by atoms with Crippen molar-refractivity contribution in [3.05, 3.63) is 12.2 Å². The first-order valence-electron chi connectivity index (χ1n) is 5.60. The second-order valence-corrected chi connectivity index (χ2v) is 4.79. The first-order chi connectivity index (χ1) is 7.04. The largest absolute Gasteiger partial charge is 0.465 e. The second kappa shape index (κ2) is 3.34. The number of carbonyl (C=O) groups is 1. The molecular formula is C12H18O3. The average molecular weight is 210 g/mol. The van der Waals surface area contributed by atoms with Crippen molar-refractivity contribution in [1.29, 1.82) is 0 Å². The van der Waals surface area contributed by atoms with Crippen LogP contribution in [-0.2, 0) is 9.53 Å². The summed E-state index contributed by atoms with van der Waals surface area (Å²) in [5.41, 5.74) is -0.582. The summed E-state index contributed by atoms with van der Waals surface area (Å²) < 4.78 is 5.10. The highest BCUT2D eigenvalue weighted by atomic mass is 16.5. The third-order valence-corrected chi connectivity index (χ3v) is 3.85. The zero-order chi connectivity index (χ0) is 11.1. The average Bonchev–Trinajstić information content (AvgIpc) is 2.55. The number of ether oxygens (including phenoxy) is 1. The lowest BCUT2D eigenvalue weighted by Crippen LogP contribution is -2.45. The van der Waals surface area contributed by atoms with Gasteiger partial charge in [-0.15, -0.1) is 0 Å². The van der Waals surface area contributed by atoms with Gasteiger partial charge in [-0.2, -0.15) is 0 Å². The van der Waals surface area contributed by atoms with Crippen molar-refractivity contribution in [2.24, 2.45) is 5.41 Å². The van der Waals surface area contributed by atoms with E-state index in [9.17, 15) is 9.90 Å². The molecule has 0 aromatic rings. The van der Waals surface area contributed by atoms with E-state index in [4.69, 9.17) is 4.74 Å². The number of rotatable bonds is 2. The molecule has 2 aliphatic rings. The number of esters is 1. The Labute approximate surface area is 90.1 Å². The van der Waals surface area contributed by atoms with Crippen molar-refractivity contribution >= 4 is 5.97 Å². The molecular weight excluding hydrogens is 192 g/mol. The van der Waals surface area contributed by atoms with Gasteiger partial charge in [0.15, 0.2) is 0 Å². The van der Waals surface area contributed by atoms with Gasteiger partial charge in [-0.3, -0.25) is 4.79 Å². The smallest absolute Gasteiger partial charge is 0.315 e. The molecule has 15 heavy (non-hydrogen) atoms. The van der Waals surface area contributed by atoms with Crippen molar-refractivity contribution in [2.75, 3.05) is 6.61 Å². The Morgan fingerprint density at radius 3 is 2.93 bits per heavy atom. The summed E-state index contributed by atoms with van der Waals surface area (Å²) in [5, 5.41) is 10.5. The van der Waals surface area contributed by atoms with Crippen LogP contribution in [0.2, 0.25) is 0 Å². The summed E-state index contributed by atoms with van der Waals surface area (Å²) in [5.74, 6) is -0.233. The molecule has 3 nitrogen and oxygen atoms in total. The van der Waals surface area contributed by atoms with Gasteiger partial charge in [-0.1, -0.05) is 12.2 Å². The summed E-state index contributed by atoms with van der Waals surface area (Å²) in [6, 6.07) is 0. The minimum absolute atomic E-state index is 0.233. The van der Waals surface area contributed by atoms with Crippen LogP contribution in [0.3, 0.4) is 0 Å². The molecule has 2 unspecified atom stereocenters. The summed E-state index contributed by atoms with van der Waals surface area (Å²) in [6.45, 7) is 6.08. The molecule has 0 spiro atoms. The molecule has 2 aliphatic carbocycles. The first-order valence-corrected chi connectivity index (χ1v) is 5.60. The summed E-state index contributed by atoms with van der Waals surface area (Å²) >= 11 is 0. The van der Waals surface area contributed by atoms with Crippen molar-refractivity contribution in [3.63, 3.8) is 0 Å². The monoisotopic (exact) mass is 210 g/mol. The number of carbonyl (C=O) groups excluding carboxylic acids is 1. The Balaban J connectivity index is 2.31. The van der Waals surface area contributed by atoms with E-state index in [-0.39, 0.29) is 5.97 Å². The molecule has 2 fully saturated rings. The molecule has 0 saturated heterocycles. The van der Waals surface area contributed by atoms with Gasteiger partial charge < -0.3 is 9.84 Å². The SMILES string of the molecule is C=C1CC2(O)CCCC2(C(=O)OCC)C1. The summed E-state index contributed by atoms with van der Waals surface area (Å²) in [6.07, 6.45) is 3.50. The van der Waals surface area contributed by atoms with Gasteiger partial charge in [0, 0.05) is 0 Å². The summed E-state index contributed by atoms with van der Waals surface area (Å²) in [4.78, 5) is 12.0. The molecule has 0 aliphatic heterocycles. The van der Waals surface area contributed by atoms with Crippen molar-refractivity contribution in [1.82, 2.24) is 0 Å². The minimum Gasteiger partial charge on any atom is -0.465 e. The maximum atomic E-state index is 12.0. The van der Waals surface area contributed by atoms with Crippen LogP contribution in [0.25, 0.3) is 0 Å². The topological polar surface area (TPSA) is 46.5 Å². The van der Waals surface area contributed by atoms with Crippen LogP contribution in [0, 0.1) is 5.41 Å². The van der Waals surface area contributed by atoms with Gasteiger partial charge in [-0.05, 0) is 39.0 Å². The Hall–Kier alpha value is -0.830. The minimum atomic E-state index is -0.879. The van der Waals surface area contributed by atoms with E-state index >= 15 is 0 Å². The highest BCUT2D eigenvalue weighted by molar-refractivity contribution is 5.80. The van der Waals surface area contributed by atoms with Gasteiger partial charge in [0.25, 0.3) is 0 Å². The van der Waals surface area contributed by atoms with Gasteiger partial charge in [-0.25, -0.2) is 0 Å². The van der Waals surface area contributed by atoms with Gasteiger partial charge >= 0.3 is 5.97 Å². The van der Waals surface area contributed by atoms with Crippen molar-refractivity contribution < 1.29 is 14.6 Å². The Bertz CT molecular complexity index is 310. The molecule has 0 bridgehead atoms. The van der Waals surface area contributed by atoms with E-state index in [2.05, 4.69) is 6.58 Å². The van der Waals surface area contributed by atoms with Crippen LogP contribution in [0.5, 0.6) is 0 Å². The third kappa shape index (κ3) is 1.33. The molecule has 84 valence electrons. The molecule has 2 atom stereocenters. The zero-order valence-corrected chi connectivity index (χ0v) is 9.21. The Morgan fingerprint density at radius 1 is 1.53 bits per heavy atom. The first kappa shape index (κ1) is 10.7. The molecule has 0 aromatic heterocycles. The maximum absolute atomic E-state index is 12.0.